The van der Waals surface area contributed by atoms with Crippen molar-refractivity contribution in [1.82, 2.24) is 0 Å². The normalized spacial score (nSPS) is 17.8. The topological polar surface area (TPSA) is 64.6 Å². The molecule has 1 fully saturated rings. The smallest absolute Gasteiger partial charge is 0.335 e. The van der Waals surface area contributed by atoms with Crippen LogP contribution in [0.3, 0.4) is 0 Å². The molecule has 108 valence electrons. The molecule has 1 aromatic rings. The molecule has 0 aliphatic carbocycles. The zero-order valence-corrected chi connectivity index (χ0v) is 12.0. The molecule has 1 aliphatic rings. The fraction of sp³-hybridized carbons (Fsp3) is 0.385. The Labute approximate surface area is 126 Å². The maximum Gasteiger partial charge on any atom is 0.335 e. The number of nitrogens with one attached hydrogen (secondary N) is 1. The molecule has 7 heteroatoms. The van der Waals surface area contributed by atoms with Gasteiger partial charge in [0.05, 0.1) is 10.7 Å². The Morgan fingerprint density at radius 2 is 2.20 bits per heavy atom. The van der Waals surface area contributed by atoms with E-state index in [1.54, 1.807) is 12.1 Å². The second-order valence-corrected chi connectivity index (χ2v) is 5.13. The zero-order valence-electron chi connectivity index (χ0n) is 10.5. The number of amides is 1. The highest BCUT2D eigenvalue weighted by Crippen LogP contribution is 2.25. The molecule has 0 bridgehead atoms. The highest BCUT2D eigenvalue weighted by Gasteiger charge is 2.25. The minimum Gasteiger partial charge on any atom is -0.454 e. The maximum absolute atomic E-state index is 11.7. The Hall–Kier alpha value is -1.30. The predicted molar refractivity (Wildman–Crippen MR) is 75.0 cm³/mol. The minimum atomic E-state index is -0.558. The second kappa shape index (κ2) is 6.92. The molecule has 2 rings (SSSR count). The largest absolute Gasteiger partial charge is 0.454 e. The number of carbonyl (C=O) groups is 2. The number of rotatable bonds is 4. The highest BCUT2D eigenvalue weighted by atomic mass is 35.5. The second-order valence-electron chi connectivity index (χ2n) is 4.28. The molecule has 1 atom stereocenters. The van der Waals surface area contributed by atoms with Crippen molar-refractivity contribution in [3.63, 3.8) is 0 Å². The van der Waals surface area contributed by atoms with Crippen LogP contribution in [0.15, 0.2) is 18.2 Å². The van der Waals surface area contributed by atoms with Crippen molar-refractivity contribution in [2.45, 2.75) is 18.9 Å². The van der Waals surface area contributed by atoms with Crippen molar-refractivity contribution in [1.29, 1.82) is 0 Å². The molecule has 0 radical (unpaired) electrons. The van der Waals surface area contributed by atoms with E-state index < -0.39 is 18.0 Å². The van der Waals surface area contributed by atoms with Crippen LogP contribution in [-0.2, 0) is 19.1 Å². The van der Waals surface area contributed by atoms with Gasteiger partial charge in [-0.25, -0.2) is 4.79 Å². The van der Waals surface area contributed by atoms with Crippen molar-refractivity contribution in [2.24, 2.45) is 0 Å². The van der Waals surface area contributed by atoms with Crippen LogP contribution in [-0.4, -0.2) is 31.2 Å². The highest BCUT2D eigenvalue weighted by molar-refractivity contribution is 6.35. The third-order valence-corrected chi connectivity index (χ3v) is 3.31. The number of benzene rings is 1. The van der Waals surface area contributed by atoms with Crippen LogP contribution in [0.1, 0.15) is 12.8 Å². The van der Waals surface area contributed by atoms with E-state index in [-0.39, 0.29) is 6.61 Å². The molecule has 0 spiro atoms. The number of halogens is 2. The summed E-state index contributed by atoms with van der Waals surface area (Å²) in [7, 11) is 0. The van der Waals surface area contributed by atoms with Gasteiger partial charge >= 0.3 is 5.97 Å². The molecule has 1 saturated heterocycles. The van der Waals surface area contributed by atoms with Gasteiger partial charge in [0, 0.05) is 11.6 Å². The van der Waals surface area contributed by atoms with Crippen LogP contribution in [0.25, 0.3) is 0 Å². The summed E-state index contributed by atoms with van der Waals surface area (Å²) in [6.45, 7) is 0.158. The van der Waals surface area contributed by atoms with Crippen molar-refractivity contribution < 1.29 is 19.1 Å². The molecular formula is C13H13Cl2NO4. The first kappa shape index (κ1) is 15.1. The lowest BCUT2D eigenvalue weighted by Gasteiger charge is -2.10. The summed E-state index contributed by atoms with van der Waals surface area (Å²) in [6.07, 6.45) is 0.891. The fourth-order valence-electron chi connectivity index (χ4n) is 1.77. The Bertz CT molecular complexity index is 515. The molecule has 0 aromatic heterocycles. The van der Waals surface area contributed by atoms with Crippen molar-refractivity contribution in [3.05, 3.63) is 28.2 Å². The molecule has 0 saturated carbocycles. The van der Waals surface area contributed by atoms with Crippen LogP contribution in [0.5, 0.6) is 0 Å². The average molecular weight is 318 g/mol. The first-order valence-electron chi connectivity index (χ1n) is 6.09. The molecular weight excluding hydrogens is 305 g/mol. The van der Waals surface area contributed by atoms with E-state index >= 15 is 0 Å². The van der Waals surface area contributed by atoms with E-state index in [2.05, 4.69) is 5.32 Å². The third kappa shape index (κ3) is 4.10. The van der Waals surface area contributed by atoms with Crippen LogP contribution in [0.4, 0.5) is 5.69 Å². The lowest BCUT2D eigenvalue weighted by atomic mass is 10.2. The number of carbonyl (C=O) groups excluding carboxylic acids is 2. The van der Waals surface area contributed by atoms with Gasteiger partial charge in [-0.05, 0) is 31.0 Å². The van der Waals surface area contributed by atoms with E-state index in [1.807, 2.05) is 0 Å². The summed E-state index contributed by atoms with van der Waals surface area (Å²) in [5.74, 6) is -1.00. The Kier molecular flexibility index (Phi) is 5.23. The number of esters is 1. The quantitative estimate of drug-likeness (QED) is 0.867. The molecule has 1 aliphatic heterocycles. The standard InChI is InChI=1S/C13H13Cl2NO4/c14-8-3-4-9(15)10(6-8)16-12(17)7-20-13(18)11-2-1-5-19-11/h3-4,6,11H,1-2,5,7H2,(H,16,17)/t11-/m1/s1. The molecule has 1 amide bonds. The summed E-state index contributed by atoms with van der Waals surface area (Å²) in [5.41, 5.74) is 0.373. The molecule has 5 nitrogen and oxygen atoms in total. The molecule has 20 heavy (non-hydrogen) atoms. The third-order valence-electron chi connectivity index (χ3n) is 2.74. The average Bonchev–Trinajstić information content (AvgIpc) is 2.94. The van der Waals surface area contributed by atoms with Gasteiger partial charge in [0.1, 0.15) is 0 Å². The summed E-state index contributed by atoms with van der Waals surface area (Å²) in [4.78, 5) is 23.2. The Morgan fingerprint density at radius 3 is 2.90 bits per heavy atom. The Balaban J connectivity index is 1.83. The fourth-order valence-corrected chi connectivity index (χ4v) is 2.11. The monoisotopic (exact) mass is 317 g/mol. The lowest BCUT2D eigenvalue weighted by Crippen LogP contribution is -2.27. The SMILES string of the molecule is O=C(COC(=O)[C@H]1CCCO1)Nc1cc(Cl)ccc1Cl. The number of hydrogen-bond acceptors (Lipinski definition) is 4. The minimum absolute atomic E-state index is 0.355. The van der Waals surface area contributed by atoms with Gasteiger partial charge in [-0.3, -0.25) is 4.79 Å². The van der Waals surface area contributed by atoms with Gasteiger partial charge in [-0.15, -0.1) is 0 Å². The van der Waals surface area contributed by atoms with Gasteiger partial charge in [0.15, 0.2) is 12.7 Å². The summed E-state index contributed by atoms with van der Waals surface area (Å²) < 4.78 is 10.0. The molecule has 1 aromatic carbocycles. The van der Waals surface area contributed by atoms with Crippen molar-refractivity contribution in [3.8, 4) is 0 Å². The van der Waals surface area contributed by atoms with E-state index in [1.165, 1.54) is 6.07 Å². The van der Waals surface area contributed by atoms with Crippen molar-refractivity contribution in [2.75, 3.05) is 18.5 Å². The van der Waals surface area contributed by atoms with E-state index in [4.69, 9.17) is 32.7 Å². The van der Waals surface area contributed by atoms with Crippen LogP contribution < -0.4 is 5.32 Å². The molecule has 0 unspecified atom stereocenters. The first-order chi connectivity index (χ1) is 9.56. The van der Waals surface area contributed by atoms with Gasteiger partial charge in [0.25, 0.3) is 5.91 Å². The molecule has 1 N–H and O–H groups in total. The number of anilines is 1. The van der Waals surface area contributed by atoms with E-state index in [9.17, 15) is 9.59 Å². The first-order valence-corrected chi connectivity index (χ1v) is 6.85. The summed E-state index contributed by atoms with van der Waals surface area (Å²) in [5, 5.41) is 3.32. The van der Waals surface area contributed by atoms with Crippen molar-refractivity contribution >= 4 is 40.8 Å². The van der Waals surface area contributed by atoms with Gasteiger partial charge in [-0.1, -0.05) is 23.2 Å². The lowest BCUT2D eigenvalue weighted by molar-refractivity contribution is -0.156. The van der Waals surface area contributed by atoms with Crippen LogP contribution in [0.2, 0.25) is 10.0 Å². The van der Waals surface area contributed by atoms with Gasteiger partial charge < -0.3 is 14.8 Å². The summed E-state index contributed by atoms with van der Waals surface area (Å²) in [6, 6.07) is 4.69. The number of ether oxygens (including phenoxy) is 2. The van der Waals surface area contributed by atoms with Gasteiger partial charge in [-0.2, -0.15) is 0 Å². The predicted octanol–water partition coefficient (Wildman–Crippen LogP) is 2.65. The zero-order chi connectivity index (χ0) is 14.5. The maximum atomic E-state index is 11.7. The molecule has 1 heterocycles. The van der Waals surface area contributed by atoms with E-state index in [0.717, 1.165) is 6.42 Å². The van der Waals surface area contributed by atoms with Gasteiger partial charge in [0.2, 0.25) is 0 Å². The van der Waals surface area contributed by atoms with Crippen LogP contribution >= 0.6 is 23.2 Å². The van der Waals surface area contributed by atoms with Crippen LogP contribution in [0, 0.1) is 0 Å². The summed E-state index contributed by atoms with van der Waals surface area (Å²) >= 11 is 11.7. The number of hydrogen-bond donors (Lipinski definition) is 1. The van der Waals surface area contributed by atoms with E-state index in [0.29, 0.717) is 28.8 Å². The Morgan fingerprint density at radius 1 is 1.40 bits per heavy atom.